The number of rotatable bonds is 6. The van der Waals surface area contributed by atoms with Gasteiger partial charge in [0.1, 0.15) is 0 Å². The topological polar surface area (TPSA) is 61.4 Å². The molecule has 4 rings (SSSR count). The van der Waals surface area contributed by atoms with Crippen molar-refractivity contribution in [3.05, 3.63) is 65.7 Å². The lowest BCUT2D eigenvalue weighted by Gasteiger charge is -2.36. The molecule has 0 spiro atoms. The Kier molecular flexibility index (Phi) is 6.66. The molecule has 2 amide bonds. The molecule has 0 radical (unpaired) electrons. The van der Waals surface area contributed by atoms with E-state index in [2.05, 4.69) is 61.7 Å². The molecule has 0 aliphatic carbocycles. The van der Waals surface area contributed by atoms with Crippen LogP contribution in [0.1, 0.15) is 44.2 Å². The Balaban J connectivity index is 1.55. The first-order chi connectivity index (χ1) is 15.3. The summed E-state index contributed by atoms with van der Waals surface area (Å²) in [6, 6.07) is 18.3. The number of nitrogens with one attached hydrogen (secondary N) is 2. The van der Waals surface area contributed by atoms with Crippen LogP contribution >= 0.6 is 0 Å². The van der Waals surface area contributed by atoms with Gasteiger partial charge in [-0.25, -0.2) is 0 Å². The molecular formula is C27H35N3O2. The number of carbonyl (C=O) groups is 2. The molecule has 32 heavy (non-hydrogen) atoms. The van der Waals surface area contributed by atoms with E-state index in [-0.39, 0.29) is 23.7 Å². The van der Waals surface area contributed by atoms with Gasteiger partial charge in [0.2, 0.25) is 11.8 Å². The summed E-state index contributed by atoms with van der Waals surface area (Å²) in [5.74, 6) is 0.475. The smallest absolute Gasteiger partial charge is 0.230 e. The summed E-state index contributed by atoms with van der Waals surface area (Å²) in [7, 11) is 0. The highest BCUT2D eigenvalue weighted by Gasteiger charge is 2.37. The van der Waals surface area contributed by atoms with Gasteiger partial charge in [-0.05, 0) is 54.0 Å². The summed E-state index contributed by atoms with van der Waals surface area (Å²) in [5, 5.41) is 6.47. The normalized spacial score (nSPS) is 22.8. The lowest BCUT2D eigenvalue weighted by molar-refractivity contribution is -0.136. The van der Waals surface area contributed by atoms with E-state index in [9.17, 15) is 9.59 Å². The summed E-state index contributed by atoms with van der Waals surface area (Å²) in [6.45, 7) is 9.82. The average molecular weight is 434 g/mol. The Morgan fingerprint density at radius 2 is 1.69 bits per heavy atom. The predicted molar refractivity (Wildman–Crippen MR) is 128 cm³/mol. The Hall–Kier alpha value is -2.66. The van der Waals surface area contributed by atoms with Gasteiger partial charge in [0.15, 0.2) is 0 Å². The fraction of sp³-hybridized carbons (Fsp3) is 0.481. The van der Waals surface area contributed by atoms with Crippen LogP contribution in [-0.2, 0) is 16.0 Å². The van der Waals surface area contributed by atoms with Crippen LogP contribution in [0.25, 0.3) is 0 Å². The van der Waals surface area contributed by atoms with Gasteiger partial charge in [-0.3, -0.25) is 9.59 Å². The van der Waals surface area contributed by atoms with E-state index in [4.69, 9.17) is 0 Å². The van der Waals surface area contributed by atoms with Crippen molar-refractivity contribution in [3.8, 4) is 0 Å². The van der Waals surface area contributed by atoms with Gasteiger partial charge in [0, 0.05) is 25.2 Å². The van der Waals surface area contributed by atoms with Gasteiger partial charge in [-0.2, -0.15) is 0 Å². The number of fused-ring (bicyclic) bond motifs is 1. The lowest BCUT2D eigenvalue weighted by atomic mass is 9.86. The molecule has 170 valence electrons. The third kappa shape index (κ3) is 5.39. The number of anilines is 1. The van der Waals surface area contributed by atoms with E-state index in [0.717, 1.165) is 37.3 Å². The Morgan fingerprint density at radius 3 is 2.44 bits per heavy atom. The number of hydrogen-bond donors (Lipinski definition) is 2. The quantitative estimate of drug-likeness (QED) is 0.722. The Bertz CT molecular complexity index is 951. The molecule has 2 aliphatic rings. The third-order valence-corrected chi connectivity index (χ3v) is 6.55. The first kappa shape index (κ1) is 22.5. The van der Waals surface area contributed by atoms with Crippen LogP contribution in [0.15, 0.2) is 54.6 Å². The van der Waals surface area contributed by atoms with Crippen molar-refractivity contribution in [3.63, 3.8) is 0 Å². The standard InChI is InChI=1S/C27H35N3O2/c1-27(2,3)18-30(17-21-16-28-15-20(21)13-19-9-5-4-6-10-19)26(32)23-14-25(31)29-24-12-8-7-11-22(23)24/h4-12,20-21,23,28H,13-18H2,1-3H3,(H,29,31)/t20-,21+,23?/m1/s1. The molecular weight excluding hydrogens is 398 g/mol. The number of amides is 2. The molecule has 2 heterocycles. The van der Waals surface area contributed by atoms with E-state index in [1.54, 1.807) is 0 Å². The third-order valence-electron chi connectivity index (χ3n) is 6.55. The molecule has 2 aromatic carbocycles. The van der Waals surface area contributed by atoms with Crippen molar-refractivity contribution >= 4 is 17.5 Å². The minimum atomic E-state index is -0.413. The molecule has 2 aromatic rings. The van der Waals surface area contributed by atoms with Crippen LogP contribution in [0, 0.1) is 17.3 Å². The second-order valence-electron chi connectivity index (χ2n) is 10.5. The average Bonchev–Trinajstić information content (AvgIpc) is 3.18. The molecule has 0 aromatic heterocycles. The Labute approximate surface area is 191 Å². The molecule has 3 atom stereocenters. The van der Waals surface area contributed by atoms with Gasteiger partial charge in [0.05, 0.1) is 5.92 Å². The molecule has 5 heteroatoms. The van der Waals surface area contributed by atoms with Gasteiger partial charge in [0.25, 0.3) is 0 Å². The SMILES string of the molecule is CC(C)(C)CN(C[C@@H]1CNC[C@H]1Cc1ccccc1)C(=O)C1CC(=O)Nc2ccccc21. The number of hydrogen-bond acceptors (Lipinski definition) is 3. The maximum absolute atomic E-state index is 13.9. The van der Waals surface area contributed by atoms with Gasteiger partial charge >= 0.3 is 0 Å². The van der Waals surface area contributed by atoms with Crippen LogP contribution < -0.4 is 10.6 Å². The van der Waals surface area contributed by atoms with Crippen molar-refractivity contribution in [1.29, 1.82) is 0 Å². The van der Waals surface area contributed by atoms with E-state index in [1.807, 2.05) is 29.2 Å². The summed E-state index contributed by atoms with van der Waals surface area (Å²) in [6.07, 6.45) is 1.23. The zero-order valence-corrected chi connectivity index (χ0v) is 19.4. The minimum absolute atomic E-state index is 0.0208. The fourth-order valence-electron chi connectivity index (χ4n) is 5.10. The van der Waals surface area contributed by atoms with Crippen LogP contribution in [-0.4, -0.2) is 42.9 Å². The number of benzene rings is 2. The van der Waals surface area contributed by atoms with Gasteiger partial charge in [-0.1, -0.05) is 69.3 Å². The molecule has 2 aliphatic heterocycles. The number of para-hydroxylation sites is 1. The maximum Gasteiger partial charge on any atom is 0.230 e. The predicted octanol–water partition coefficient (Wildman–Crippen LogP) is 4.07. The maximum atomic E-state index is 13.9. The highest BCUT2D eigenvalue weighted by molar-refractivity contribution is 6.01. The lowest BCUT2D eigenvalue weighted by Crippen LogP contribution is -2.45. The monoisotopic (exact) mass is 433 g/mol. The van der Waals surface area contributed by atoms with Crippen molar-refractivity contribution in [2.24, 2.45) is 17.3 Å². The van der Waals surface area contributed by atoms with Crippen molar-refractivity contribution in [2.45, 2.75) is 39.5 Å². The summed E-state index contributed by atoms with van der Waals surface area (Å²) in [5.41, 5.74) is 3.02. The molecule has 2 N–H and O–H groups in total. The molecule has 5 nitrogen and oxygen atoms in total. The first-order valence-electron chi connectivity index (χ1n) is 11.7. The van der Waals surface area contributed by atoms with E-state index >= 15 is 0 Å². The molecule has 1 fully saturated rings. The summed E-state index contributed by atoms with van der Waals surface area (Å²) in [4.78, 5) is 28.3. The second kappa shape index (κ2) is 9.45. The number of nitrogens with zero attached hydrogens (tertiary/aromatic N) is 1. The van der Waals surface area contributed by atoms with Crippen molar-refractivity contribution in [2.75, 3.05) is 31.5 Å². The van der Waals surface area contributed by atoms with Gasteiger partial charge in [-0.15, -0.1) is 0 Å². The molecule has 1 saturated heterocycles. The fourth-order valence-corrected chi connectivity index (χ4v) is 5.10. The molecule has 0 bridgehead atoms. The summed E-state index contributed by atoms with van der Waals surface area (Å²) >= 11 is 0. The van der Waals surface area contributed by atoms with E-state index in [0.29, 0.717) is 18.4 Å². The first-order valence-corrected chi connectivity index (χ1v) is 11.7. The van der Waals surface area contributed by atoms with E-state index in [1.165, 1.54) is 5.56 Å². The minimum Gasteiger partial charge on any atom is -0.341 e. The van der Waals surface area contributed by atoms with Crippen molar-refractivity contribution < 1.29 is 9.59 Å². The van der Waals surface area contributed by atoms with Crippen LogP contribution in [0.4, 0.5) is 5.69 Å². The highest BCUT2D eigenvalue weighted by Crippen LogP contribution is 2.35. The van der Waals surface area contributed by atoms with Crippen LogP contribution in [0.2, 0.25) is 0 Å². The van der Waals surface area contributed by atoms with Gasteiger partial charge < -0.3 is 15.5 Å². The zero-order chi connectivity index (χ0) is 22.7. The van der Waals surface area contributed by atoms with E-state index < -0.39 is 5.92 Å². The largest absolute Gasteiger partial charge is 0.341 e. The Morgan fingerprint density at radius 1 is 1.00 bits per heavy atom. The highest BCUT2D eigenvalue weighted by atomic mass is 16.2. The number of carbonyl (C=O) groups excluding carboxylic acids is 2. The molecule has 0 saturated carbocycles. The van der Waals surface area contributed by atoms with Crippen LogP contribution in [0.3, 0.4) is 0 Å². The summed E-state index contributed by atoms with van der Waals surface area (Å²) < 4.78 is 0. The van der Waals surface area contributed by atoms with Crippen molar-refractivity contribution in [1.82, 2.24) is 10.2 Å². The zero-order valence-electron chi connectivity index (χ0n) is 19.4. The second-order valence-corrected chi connectivity index (χ2v) is 10.5. The molecule has 1 unspecified atom stereocenters. The van der Waals surface area contributed by atoms with Crippen LogP contribution in [0.5, 0.6) is 0 Å².